The highest BCUT2D eigenvalue weighted by Gasteiger charge is 2.42. The number of benzene rings is 2. The molecule has 0 unspecified atom stereocenters. The van der Waals surface area contributed by atoms with Crippen LogP contribution in [0.4, 0.5) is 0 Å². The summed E-state index contributed by atoms with van der Waals surface area (Å²) in [6.07, 6.45) is -7.04. The molecule has 5 atom stereocenters. The van der Waals surface area contributed by atoms with Gasteiger partial charge >= 0.3 is 0 Å². The van der Waals surface area contributed by atoms with Gasteiger partial charge in [-0.15, -0.1) is 0 Å². The van der Waals surface area contributed by atoms with Crippen LogP contribution in [0.1, 0.15) is 11.1 Å². The Labute approximate surface area is 167 Å². The highest BCUT2D eigenvalue weighted by Crippen LogP contribution is 2.19. The third kappa shape index (κ3) is 6.94. The van der Waals surface area contributed by atoms with Gasteiger partial charge < -0.3 is 45.2 Å². The van der Waals surface area contributed by atoms with Gasteiger partial charge in [0.25, 0.3) is 0 Å². The molecule has 9 nitrogen and oxygen atoms in total. The lowest BCUT2D eigenvalue weighted by molar-refractivity contribution is -0.286. The standard InChI is InChI=1S/C14H14O3.C6H12O6/c15-13-5-1-11(2-6-13)9-17-10-12-3-7-14(16)8-4-12;7-1-2-3(8)4(9)5(10)6(11)12-2/h1-8,15-16H,9-10H2;2-11H,1H2/t;2-,3+,4+,5-,6-/m.0/s1. The number of hydrogen-bond donors (Lipinski definition) is 7. The molecule has 29 heavy (non-hydrogen) atoms. The van der Waals surface area contributed by atoms with Gasteiger partial charge in [-0.2, -0.15) is 0 Å². The van der Waals surface area contributed by atoms with Crippen LogP contribution in [-0.4, -0.2) is 73.1 Å². The normalized spacial score (nSPS) is 26.4. The molecule has 1 fully saturated rings. The zero-order valence-electron chi connectivity index (χ0n) is 15.6. The number of ether oxygens (including phenoxy) is 2. The molecule has 2 aromatic rings. The molecule has 0 amide bonds. The lowest BCUT2D eigenvalue weighted by Crippen LogP contribution is -2.58. The molecule has 1 saturated heterocycles. The van der Waals surface area contributed by atoms with E-state index in [2.05, 4.69) is 4.74 Å². The molecular weight excluding hydrogens is 384 g/mol. The van der Waals surface area contributed by atoms with E-state index in [-0.39, 0.29) is 11.5 Å². The Morgan fingerprint density at radius 2 is 1.14 bits per heavy atom. The van der Waals surface area contributed by atoms with Crippen molar-refractivity contribution in [1.82, 2.24) is 0 Å². The van der Waals surface area contributed by atoms with E-state index in [1.165, 1.54) is 0 Å². The Hall–Kier alpha value is -2.24. The lowest BCUT2D eigenvalue weighted by atomic mass is 10.00. The van der Waals surface area contributed by atoms with Crippen molar-refractivity contribution in [2.75, 3.05) is 6.61 Å². The molecule has 0 saturated carbocycles. The van der Waals surface area contributed by atoms with Gasteiger partial charge in [-0.05, 0) is 35.4 Å². The van der Waals surface area contributed by atoms with Gasteiger partial charge in [-0.3, -0.25) is 0 Å². The van der Waals surface area contributed by atoms with E-state index in [0.717, 1.165) is 11.1 Å². The Kier molecular flexibility index (Phi) is 8.80. The minimum absolute atomic E-state index is 0.257. The lowest BCUT2D eigenvalue weighted by Gasteiger charge is -2.37. The molecule has 0 bridgehead atoms. The van der Waals surface area contributed by atoms with Crippen molar-refractivity contribution >= 4 is 0 Å². The summed E-state index contributed by atoms with van der Waals surface area (Å²) in [4.78, 5) is 0. The largest absolute Gasteiger partial charge is 0.508 e. The summed E-state index contributed by atoms with van der Waals surface area (Å²) >= 11 is 0. The summed E-state index contributed by atoms with van der Waals surface area (Å²) in [7, 11) is 0. The summed E-state index contributed by atoms with van der Waals surface area (Å²) < 4.78 is 10.1. The van der Waals surface area contributed by atoms with Gasteiger partial charge in [0.1, 0.15) is 35.9 Å². The minimum Gasteiger partial charge on any atom is -0.508 e. The second-order valence-electron chi connectivity index (χ2n) is 6.55. The molecule has 7 N–H and O–H groups in total. The first-order chi connectivity index (χ1) is 13.8. The van der Waals surface area contributed by atoms with Crippen molar-refractivity contribution in [3.8, 4) is 11.5 Å². The maximum absolute atomic E-state index is 9.12. The predicted octanol–water partition coefficient (Wildman–Crippen LogP) is -0.407. The smallest absolute Gasteiger partial charge is 0.184 e. The maximum Gasteiger partial charge on any atom is 0.184 e. The fourth-order valence-corrected chi connectivity index (χ4v) is 2.55. The summed E-state index contributed by atoms with van der Waals surface area (Å²) in [5.41, 5.74) is 2.03. The van der Waals surface area contributed by atoms with Crippen molar-refractivity contribution in [3.05, 3.63) is 59.7 Å². The van der Waals surface area contributed by atoms with Crippen LogP contribution in [0.2, 0.25) is 0 Å². The number of phenolic OH excluding ortho intramolecular Hbond substituents is 2. The number of phenols is 2. The number of aliphatic hydroxyl groups is 5. The summed E-state index contributed by atoms with van der Waals surface area (Å²) in [5, 5.41) is 62.9. The molecule has 1 aliphatic rings. The number of rotatable bonds is 5. The van der Waals surface area contributed by atoms with Crippen LogP contribution in [0.25, 0.3) is 0 Å². The van der Waals surface area contributed by atoms with Gasteiger partial charge in [0.2, 0.25) is 0 Å². The van der Waals surface area contributed by atoms with Crippen LogP contribution in [0, 0.1) is 0 Å². The van der Waals surface area contributed by atoms with Crippen LogP contribution in [0.15, 0.2) is 48.5 Å². The average molecular weight is 410 g/mol. The second kappa shape index (κ2) is 11.1. The van der Waals surface area contributed by atoms with Crippen LogP contribution < -0.4 is 0 Å². The molecular formula is C20H26O9. The van der Waals surface area contributed by atoms with Crippen molar-refractivity contribution < 1.29 is 45.2 Å². The molecule has 0 aliphatic carbocycles. The highest BCUT2D eigenvalue weighted by atomic mass is 16.6. The van der Waals surface area contributed by atoms with Gasteiger partial charge in [-0.1, -0.05) is 24.3 Å². The van der Waals surface area contributed by atoms with Crippen molar-refractivity contribution in [1.29, 1.82) is 0 Å². The third-order valence-corrected chi connectivity index (χ3v) is 4.28. The Morgan fingerprint density at radius 1 is 0.690 bits per heavy atom. The molecule has 9 heteroatoms. The summed E-state index contributed by atoms with van der Waals surface area (Å²) in [5.74, 6) is 0.513. The molecule has 1 heterocycles. The van der Waals surface area contributed by atoms with Crippen LogP contribution in [-0.2, 0) is 22.7 Å². The zero-order chi connectivity index (χ0) is 21.4. The average Bonchev–Trinajstić information content (AvgIpc) is 2.72. The monoisotopic (exact) mass is 410 g/mol. The van der Waals surface area contributed by atoms with E-state index in [0.29, 0.717) is 13.2 Å². The van der Waals surface area contributed by atoms with Gasteiger partial charge in [-0.25, -0.2) is 0 Å². The van der Waals surface area contributed by atoms with E-state index >= 15 is 0 Å². The van der Waals surface area contributed by atoms with Gasteiger partial charge in [0.05, 0.1) is 19.8 Å². The molecule has 1 aliphatic heterocycles. The first kappa shape index (κ1) is 23.0. The topological polar surface area (TPSA) is 160 Å². The fraction of sp³-hybridized carbons (Fsp3) is 0.400. The predicted molar refractivity (Wildman–Crippen MR) is 101 cm³/mol. The zero-order valence-corrected chi connectivity index (χ0v) is 15.6. The van der Waals surface area contributed by atoms with E-state index < -0.39 is 37.3 Å². The Morgan fingerprint density at radius 3 is 1.55 bits per heavy atom. The first-order valence-corrected chi connectivity index (χ1v) is 8.94. The third-order valence-electron chi connectivity index (χ3n) is 4.28. The fourth-order valence-electron chi connectivity index (χ4n) is 2.55. The molecule has 2 aromatic carbocycles. The highest BCUT2D eigenvalue weighted by molar-refractivity contribution is 5.26. The molecule has 0 radical (unpaired) electrons. The summed E-state index contributed by atoms with van der Waals surface area (Å²) in [6, 6.07) is 13.9. The number of aromatic hydroxyl groups is 2. The molecule has 0 aromatic heterocycles. The van der Waals surface area contributed by atoms with Crippen molar-refractivity contribution in [2.24, 2.45) is 0 Å². The van der Waals surface area contributed by atoms with E-state index in [9.17, 15) is 0 Å². The second-order valence-corrected chi connectivity index (χ2v) is 6.55. The number of aliphatic hydroxyl groups excluding tert-OH is 5. The van der Waals surface area contributed by atoms with E-state index in [4.69, 9.17) is 40.5 Å². The quantitative estimate of drug-likeness (QED) is 0.348. The van der Waals surface area contributed by atoms with E-state index in [1.807, 2.05) is 24.3 Å². The molecule has 3 rings (SSSR count). The minimum atomic E-state index is -1.57. The summed E-state index contributed by atoms with van der Waals surface area (Å²) in [6.45, 7) is 0.477. The molecule has 0 spiro atoms. The Bertz CT molecular complexity index is 669. The van der Waals surface area contributed by atoms with Crippen molar-refractivity contribution in [2.45, 2.75) is 43.9 Å². The van der Waals surface area contributed by atoms with Gasteiger partial charge in [0.15, 0.2) is 6.29 Å². The van der Waals surface area contributed by atoms with E-state index in [1.54, 1.807) is 24.3 Å². The maximum atomic E-state index is 9.12. The van der Waals surface area contributed by atoms with Crippen molar-refractivity contribution in [3.63, 3.8) is 0 Å². The van der Waals surface area contributed by atoms with Crippen LogP contribution >= 0.6 is 0 Å². The van der Waals surface area contributed by atoms with Crippen LogP contribution in [0.5, 0.6) is 11.5 Å². The number of hydrogen-bond acceptors (Lipinski definition) is 9. The molecule has 160 valence electrons. The van der Waals surface area contributed by atoms with Crippen LogP contribution in [0.3, 0.4) is 0 Å². The SMILES string of the molecule is OC[C@@H]1O[C@H](O)[C@@H](O)[C@H](O)[C@@H]1O.Oc1ccc(COCc2ccc(O)cc2)cc1. The van der Waals surface area contributed by atoms with Gasteiger partial charge in [0, 0.05) is 0 Å². The first-order valence-electron chi connectivity index (χ1n) is 8.94. The Balaban J connectivity index is 0.000000221.